The monoisotopic (exact) mass is 315 g/mol. The van der Waals surface area contributed by atoms with Crippen molar-refractivity contribution in [1.29, 1.82) is 0 Å². The molecule has 0 aliphatic carbocycles. The van der Waals surface area contributed by atoms with Gasteiger partial charge in [-0.05, 0) is 12.1 Å². The first kappa shape index (κ1) is 16.1. The van der Waals surface area contributed by atoms with Crippen LogP contribution in [0.1, 0.15) is 0 Å². The second-order valence-corrected chi connectivity index (χ2v) is 5.16. The number of carbonyl (C=O) groups is 1. The minimum Gasteiger partial charge on any atom is -0.483 e. The summed E-state index contributed by atoms with van der Waals surface area (Å²) in [4.78, 5) is 13.8. The van der Waals surface area contributed by atoms with E-state index in [0.29, 0.717) is 23.9 Å². The van der Waals surface area contributed by atoms with Crippen molar-refractivity contribution >= 4 is 28.3 Å². The largest absolute Gasteiger partial charge is 0.483 e. The Morgan fingerprint density at radius 3 is 2.36 bits per heavy atom. The van der Waals surface area contributed by atoms with Crippen molar-refractivity contribution < 1.29 is 9.53 Å². The van der Waals surface area contributed by atoms with Crippen LogP contribution in [0.2, 0.25) is 5.02 Å². The van der Waals surface area contributed by atoms with E-state index >= 15 is 0 Å². The molecule has 2 aromatic carbocycles. The normalized spacial score (nSPS) is 10.2. The second kappa shape index (κ2) is 7.66. The number of amides is 1. The molecule has 0 aromatic heterocycles. The van der Waals surface area contributed by atoms with Gasteiger partial charge in [-0.15, -0.1) is 13.2 Å². The molecule has 22 heavy (non-hydrogen) atoms. The number of nitrogens with zero attached hydrogens (tertiary/aromatic N) is 1. The van der Waals surface area contributed by atoms with E-state index in [1.54, 1.807) is 29.2 Å². The molecular formula is C18H18ClNO2. The first-order chi connectivity index (χ1) is 10.7. The number of benzene rings is 2. The minimum atomic E-state index is -0.112. The van der Waals surface area contributed by atoms with Crippen LogP contribution in [0, 0.1) is 0 Å². The zero-order valence-corrected chi connectivity index (χ0v) is 13.1. The number of hydrogen-bond acceptors (Lipinski definition) is 2. The van der Waals surface area contributed by atoms with Crippen LogP contribution in [0.25, 0.3) is 10.8 Å². The van der Waals surface area contributed by atoms with Crippen LogP contribution in [0.3, 0.4) is 0 Å². The zero-order chi connectivity index (χ0) is 15.9. The SMILES string of the molecule is C=CCN(CC=C)C(=O)COc1ccc(Cl)c2ccccc12. The summed E-state index contributed by atoms with van der Waals surface area (Å²) in [7, 11) is 0. The number of rotatable bonds is 7. The van der Waals surface area contributed by atoms with Crippen molar-refractivity contribution in [3.63, 3.8) is 0 Å². The predicted octanol–water partition coefficient (Wildman–Crippen LogP) is 4.07. The maximum Gasteiger partial charge on any atom is 0.261 e. The highest BCUT2D eigenvalue weighted by Crippen LogP contribution is 2.31. The van der Waals surface area contributed by atoms with Gasteiger partial charge in [0.15, 0.2) is 6.61 Å². The summed E-state index contributed by atoms with van der Waals surface area (Å²) >= 11 is 6.17. The van der Waals surface area contributed by atoms with Gasteiger partial charge in [-0.3, -0.25) is 4.79 Å². The summed E-state index contributed by atoms with van der Waals surface area (Å²) in [6.07, 6.45) is 3.36. The Morgan fingerprint density at radius 1 is 1.09 bits per heavy atom. The lowest BCUT2D eigenvalue weighted by molar-refractivity contribution is -0.132. The van der Waals surface area contributed by atoms with Crippen molar-refractivity contribution in [2.75, 3.05) is 19.7 Å². The molecule has 0 aliphatic rings. The molecule has 2 rings (SSSR count). The first-order valence-corrected chi connectivity index (χ1v) is 7.34. The molecule has 0 atom stereocenters. The highest BCUT2D eigenvalue weighted by atomic mass is 35.5. The first-order valence-electron chi connectivity index (χ1n) is 6.97. The summed E-state index contributed by atoms with van der Waals surface area (Å²) in [5, 5.41) is 2.46. The second-order valence-electron chi connectivity index (χ2n) is 4.76. The average molecular weight is 316 g/mol. The van der Waals surface area contributed by atoms with E-state index in [2.05, 4.69) is 13.2 Å². The average Bonchev–Trinajstić information content (AvgIpc) is 2.54. The van der Waals surface area contributed by atoms with E-state index < -0.39 is 0 Å². The molecule has 0 radical (unpaired) electrons. The molecule has 0 saturated heterocycles. The maximum atomic E-state index is 12.2. The van der Waals surface area contributed by atoms with E-state index in [9.17, 15) is 4.79 Å². The van der Waals surface area contributed by atoms with Crippen LogP contribution in [-0.2, 0) is 4.79 Å². The molecule has 114 valence electrons. The Balaban J connectivity index is 2.14. The Kier molecular flexibility index (Phi) is 5.61. The molecule has 0 aliphatic heterocycles. The van der Waals surface area contributed by atoms with Crippen LogP contribution < -0.4 is 4.74 Å². The number of hydrogen-bond donors (Lipinski definition) is 0. The lowest BCUT2D eigenvalue weighted by Crippen LogP contribution is -2.35. The fraction of sp³-hybridized carbons (Fsp3) is 0.167. The van der Waals surface area contributed by atoms with Gasteiger partial charge < -0.3 is 9.64 Å². The number of carbonyl (C=O) groups excluding carboxylic acids is 1. The fourth-order valence-electron chi connectivity index (χ4n) is 2.18. The van der Waals surface area contributed by atoms with E-state index in [1.807, 2.05) is 24.3 Å². The number of halogens is 1. The van der Waals surface area contributed by atoms with Crippen LogP contribution in [0.5, 0.6) is 5.75 Å². The van der Waals surface area contributed by atoms with E-state index in [0.717, 1.165) is 10.8 Å². The van der Waals surface area contributed by atoms with Crippen molar-refractivity contribution in [3.05, 3.63) is 66.7 Å². The predicted molar refractivity (Wildman–Crippen MR) is 91.4 cm³/mol. The topological polar surface area (TPSA) is 29.5 Å². The molecule has 0 unspecified atom stereocenters. The molecule has 2 aromatic rings. The molecule has 0 heterocycles. The third kappa shape index (κ3) is 3.68. The molecule has 0 saturated carbocycles. The summed E-state index contributed by atoms with van der Waals surface area (Å²) in [6, 6.07) is 11.2. The molecule has 0 bridgehead atoms. The van der Waals surface area contributed by atoms with Crippen LogP contribution in [-0.4, -0.2) is 30.5 Å². The van der Waals surface area contributed by atoms with Crippen molar-refractivity contribution in [1.82, 2.24) is 4.90 Å². The third-order valence-corrected chi connectivity index (χ3v) is 3.56. The molecule has 0 fully saturated rings. The minimum absolute atomic E-state index is 0.0344. The lowest BCUT2D eigenvalue weighted by atomic mass is 10.1. The van der Waals surface area contributed by atoms with Crippen molar-refractivity contribution in [2.24, 2.45) is 0 Å². The van der Waals surface area contributed by atoms with Crippen LogP contribution in [0.15, 0.2) is 61.7 Å². The molecule has 0 spiro atoms. The lowest BCUT2D eigenvalue weighted by Gasteiger charge is -2.19. The fourth-order valence-corrected chi connectivity index (χ4v) is 2.41. The van der Waals surface area contributed by atoms with Gasteiger partial charge in [0.05, 0.1) is 0 Å². The maximum absolute atomic E-state index is 12.2. The van der Waals surface area contributed by atoms with Crippen LogP contribution >= 0.6 is 11.6 Å². The summed E-state index contributed by atoms with van der Waals surface area (Å²) in [5.74, 6) is 0.532. The van der Waals surface area contributed by atoms with Gasteiger partial charge >= 0.3 is 0 Å². The highest BCUT2D eigenvalue weighted by molar-refractivity contribution is 6.35. The van der Waals surface area contributed by atoms with Gasteiger partial charge in [0.2, 0.25) is 0 Å². The summed E-state index contributed by atoms with van der Waals surface area (Å²) < 4.78 is 5.69. The third-order valence-electron chi connectivity index (χ3n) is 3.23. The molecular weight excluding hydrogens is 298 g/mol. The Hall–Kier alpha value is -2.26. The molecule has 1 amide bonds. The van der Waals surface area contributed by atoms with Crippen molar-refractivity contribution in [2.45, 2.75) is 0 Å². The van der Waals surface area contributed by atoms with Gasteiger partial charge in [0, 0.05) is 28.9 Å². The Labute approximate surface area is 135 Å². The standard InChI is InChI=1S/C18H18ClNO2/c1-3-11-20(12-4-2)18(21)13-22-17-10-9-16(19)14-7-5-6-8-15(14)17/h3-10H,1-2,11-13H2. The van der Waals surface area contributed by atoms with Gasteiger partial charge in [0.25, 0.3) is 5.91 Å². The number of fused-ring (bicyclic) bond motifs is 1. The summed E-state index contributed by atoms with van der Waals surface area (Å²) in [6.45, 7) is 8.20. The smallest absolute Gasteiger partial charge is 0.261 e. The highest BCUT2D eigenvalue weighted by Gasteiger charge is 2.12. The van der Waals surface area contributed by atoms with Crippen LogP contribution in [0.4, 0.5) is 0 Å². The van der Waals surface area contributed by atoms with Gasteiger partial charge in [-0.25, -0.2) is 0 Å². The Morgan fingerprint density at radius 2 is 1.73 bits per heavy atom. The van der Waals surface area contributed by atoms with E-state index in [1.165, 1.54) is 0 Å². The quantitative estimate of drug-likeness (QED) is 0.721. The zero-order valence-electron chi connectivity index (χ0n) is 12.3. The van der Waals surface area contributed by atoms with Gasteiger partial charge in [-0.2, -0.15) is 0 Å². The van der Waals surface area contributed by atoms with E-state index in [-0.39, 0.29) is 12.5 Å². The molecule has 4 heteroatoms. The van der Waals surface area contributed by atoms with E-state index in [4.69, 9.17) is 16.3 Å². The van der Waals surface area contributed by atoms with Gasteiger partial charge in [0.1, 0.15) is 5.75 Å². The Bertz CT molecular complexity index is 687. The molecule has 0 N–H and O–H groups in total. The van der Waals surface area contributed by atoms with Gasteiger partial charge in [-0.1, -0.05) is 48.0 Å². The number of ether oxygens (including phenoxy) is 1. The summed E-state index contributed by atoms with van der Waals surface area (Å²) in [5.41, 5.74) is 0. The molecule has 3 nitrogen and oxygen atoms in total. The van der Waals surface area contributed by atoms with Crippen molar-refractivity contribution in [3.8, 4) is 5.75 Å².